The molecule has 82 valence electrons. The third-order valence-electron chi connectivity index (χ3n) is 2.72. The fourth-order valence-corrected chi connectivity index (χ4v) is 2.51. The van der Waals surface area contributed by atoms with Crippen molar-refractivity contribution in [2.24, 2.45) is 5.92 Å². The molecule has 1 aromatic rings. The summed E-state index contributed by atoms with van der Waals surface area (Å²) >= 11 is 9.53. The molecule has 0 aliphatic heterocycles. The van der Waals surface area contributed by atoms with Crippen molar-refractivity contribution in [2.45, 2.75) is 32.2 Å². The molecule has 15 heavy (non-hydrogen) atoms. The van der Waals surface area contributed by atoms with Gasteiger partial charge in [-0.25, -0.2) is 0 Å². The van der Waals surface area contributed by atoms with Gasteiger partial charge < -0.3 is 5.32 Å². The molecule has 1 aliphatic rings. The van der Waals surface area contributed by atoms with Crippen LogP contribution in [0.1, 0.15) is 26.2 Å². The first kappa shape index (κ1) is 11.3. The van der Waals surface area contributed by atoms with Crippen LogP contribution in [-0.4, -0.2) is 6.04 Å². The molecule has 1 nitrogen and oxygen atoms in total. The van der Waals surface area contributed by atoms with Gasteiger partial charge in [0.2, 0.25) is 0 Å². The van der Waals surface area contributed by atoms with E-state index in [2.05, 4.69) is 28.2 Å². The van der Waals surface area contributed by atoms with Crippen molar-refractivity contribution in [3.8, 4) is 0 Å². The third-order valence-corrected chi connectivity index (χ3v) is 3.52. The van der Waals surface area contributed by atoms with E-state index in [4.69, 9.17) is 11.6 Å². The lowest BCUT2D eigenvalue weighted by molar-refractivity contribution is 0.642. The Balaban J connectivity index is 1.96. The average molecular weight is 289 g/mol. The van der Waals surface area contributed by atoms with Crippen molar-refractivity contribution < 1.29 is 0 Å². The highest BCUT2D eigenvalue weighted by atomic mass is 79.9. The van der Waals surface area contributed by atoms with Crippen molar-refractivity contribution in [1.29, 1.82) is 0 Å². The molecular weight excluding hydrogens is 273 g/mol. The van der Waals surface area contributed by atoms with Crippen LogP contribution in [0, 0.1) is 5.92 Å². The molecule has 3 heteroatoms. The summed E-state index contributed by atoms with van der Waals surface area (Å²) in [7, 11) is 0. The second-order valence-electron chi connectivity index (χ2n) is 4.35. The first-order valence-corrected chi connectivity index (χ1v) is 6.54. The molecular formula is C12H15BrClN. The highest BCUT2D eigenvalue weighted by molar-refractivity contribution is 9.10. The summed E-state index contributed by atoms with van der Waals surface area (Å²) in [5.74, 6) is 0.946. The number of benzene rings is 1. The Kier molecular flexibility index (Phi) is 3.57. The maximum Gasteiger partial charge on any atom is 0.0648 e. The number of rotatable bonds is 4. The summed E-state index contributed by atoms with van der Waals surface area (Å²) in [5.41, 5.74) is 1.04. The van der Waals surface area contributed by atoms with Crippen LogP contribution in [0.2, 0.25) is 5.02 Å². The van der Waals surface area contributed by atoms with Gasteiger partial charge in [0.15, 0.2) is 0 Å². The van der Waals surface area contributed by atoms with E-state index >= 15 is 0 Å². The van der Waals surface area contributed by atoms with Crippen LogP contribution in [0.3, 0.4) is 0 Å². The SMILES string of the molecule is CC(CC1CC1)Nc1ccc(Br)cc1Cl. The Morgan fingerprint density at radius 3 is 2.87 bits per heavy atom. The minimum atomic E-state index is 0.510. The molecule has 1 aromatic carbocycles. The van der Waals surface area contributed by atoms with Gasteiger partial charge in [-0.15, -0.1) is 0 Å². The van der Waals surface area contributed by atoms with E-state index in [9.17, 15) is 0 Å². The number of halogens is 2. The lowest BCUT2D eigenvalue weighted by Crippen LogP contribution is -2.15. The fourth-order valence-electron chi connectivity index (χ4n) is 1.78. The largest absolute Gasteiger partial charge is 0.381 e. The van der Waals surface area contributed by atoms with Crippen LogP contribution in [0.25, 0.3) is 0 Å². The topological polar surface area (TPSA) is 12.0 Å². The summed E-state index contributed by atoms with van der Waals surface area (Å²) in [6, 6.07) is 6.47. The van der Waals surface area contributed by atoms with Gasteiger partial charge in [-0.05, 0) is 37.5 Å². The van der Waals surface area contributed by atoms with Crippen molar-refractivity contribution in [2.75, 3.05) is 5.32 Å². The first-order chi connectivity index (χ1) is 7.15. The first-order valence-electron chi connectivity index (χ1n) is 5.37. The Labute approximate surface area is 104 Å². The van der Waals surface area contributed by atoms with Crippen LogP contribution in [0.15, 0.2) is 22.7 Å². The van der Waals surface area contributed by atoms with E-state index in [1.165, 1.54) is 19.3 Å². The molecule has 0 spiro atoms. The molecule has 1 aliphatic carbocycles. The van der Waals surface area contributed by atoms with Gasteiger partial charge in [-0.3, -0.25) is 0 Å². The van der Waals surface area contributed by atoms with Crippen LogP contribution in [-0.2, 0) is 0 Å². The lowest BCUT2D eigenvalue weighted by atomic mass is 10.1. The smallest absolute Gasteiger partial charge is 0.0648 e. The maximum absolute atomic E-state index is 6.13. The maximum atomic E-state index is 6.13. The zero-order chi connectivity index (χ0) is 10.8. The molecule has 0 saturated heterocycles. The van der Waals surface area contributed by atoms with Crippen LogP contribution < -0.4 is 5.32 Å². The Morgan fingerprint density at radius 1 is 1.53 bits per heavy atom. The standard InChI is InChI=1S/C12H15BrClN/c1-8(6-9-2-3-9)15-12-5-4-10(13)7-11(12)14/h4-5,7-9,15H,2-3,6H2,1H3. The second-order valence-corrected chi connectivity index (χ2v) is 5.67. The Bertz CT molecular complexity index is 349. The van der Waals surface area contributed by atoms with Gasteiger partial charge in [0, 0.05) is 10.5 Å². The Morgan fingerprint density at radius 2 is 2.27 bits per heavy atom. The van der Waals surface area contributed by atoms with Gasteiger partial charge in [-0.2, -0.15) is 0 Å². The summed E-state index contributed by atoms with van der Waals surface area (Å²) in [4.78, 5) is 0. The van der Waals surface area contributed by atoms with E-state index in [1.807, 2.05) is 18.2 Å². The van der Waals surface area contributed by atoms with E-state index in [0.29, 0.717) is 6.04 Å². The van der Waals surface area contributed by atoms with Crippen molar-refractivity contribution >= 4 is 33.2 Å². The summed E-state index contributed by atoms with van der Waals surface area (Å²) in [5, 5.41) is 4.24. The summed E-state index contributed by atoms with van der Waals surface area (Å²) < 4.78 is 1.02. The van der Waals surface area contributed by atoms with Crippen molar-refractivity contribution in [3.63, 3.8) is 0 Å². The van der Waals surface area contributed by atoms with Gasteiger partial charge >= 0.3 is 0 Å². The van der Waals surface area contributed by atoms with E-state index in [1.54, 1.807) is 0 Å². The van der Waals surface area contributed by atoms with Crippen LogP contribution in [0.5, 0.6) is 0 Å². The predicted molar refractivity (Wildman–Crippen MR) is 69.6 cm³/mol. The van der Waals surface area contributed by atoms with Gasteiger partial charge in [0.1, 0.15) is 0 Å². The van der Waals surface area contributed by atoms with Crippen LogP contribution in [0.4, 0.5) is 5.69 Å². The molecule has 1 N–H and O–H groups in total. The number of nitrogens with one attached hydrogen (secondary N) is 1. The quantitative estimate of drug-likeness (QED) is 0.846. The molecule has 0 radical (unpaired) electrons. The molecule has 1 saturated carbocycles. The summed E-state index contributed by atoms with van der Waals surface area (Å²) in [6.45, 7) is 2.22. The van der Waals surface area contributed by atoms with Gasteiger partial charge in [-0.1, -0.05) is 40.4 Å². The summed E-state index contributed by atoms with van der Waals surface area (Å²) in [6.07, 6.45) is 4.06. The molecule has 1 fully saturated rings. The number of anilines is 1. The molecule has 1 unspecified atom stereocenters. The fraction of sp³-hybridized carbons (Fsp3) is 0.500. The van der Waals surface area contributed by atoms with Crippen molar-refractivity contribution in [1.82, 2.24) is 0 Å². The Hall–Kier alpha value is -0.210. The minimum Gasteiger partial charge on any atom is -0.381 e. The van der Waals surface area contributed by atoms with E-state index < -0.39 is 0 Å². The lowest BCUT2D eigenvalue weighted by Gasteiger charge is -2.16. The minimum absolute atomic E-state index is 0.510. The molecule has 0 bridgehead atoms. The van der Waals surface area contributed by atoms with Crippen molar-refractivity contribution in [3.05, 3.63) is 27.7 Å². The number of hydrogen-bond donors (Lipinski definition) is 1. The zero-order valence-corrected chi connectivity index (χ0v) is 11.1. The zero-order valence-electron chi connectivity index (χ0n) is 8.76. The number of hydrogen-bond acceptors (Lipinski definition) is 1. The highest BCUT2D eigenvalue weighted by Crippen LogP contribution is 2.34. The molecule has 2 rings (SSSR count). The monoisotopic (exact) mass is 287 g/mol. The third kappa shape index (κ3) is 3.39. The normalized spacial score (nSPS) is 17.5. The average Bonchev–Trinajstić information content (AvgIpc) is 2.94. The molecule has 0 aromatic heterocycles. The molecule has 1 atom stereocenters. The highest BCUT2D eigenvalue weighted by Gasteiger charge is 2.23. The predicted octanol–water partition coefficient (Wildman–Crippen LogP) is 4.70. The van der Waals surface area contributed by atoms with Gasteiger partial charge in [0.05, 0.1) is 10.7 Å². The van der Waals surface area contributed by atoms with E-state index in [0.717, 1.165) is 21.1 Å². The second kappa shape index (κ2) is 4.75. The van der Waals surface area contributed by atoms with Crippen LogP contribution >= 0.6 is 27.5 Å². The molecule has 0 amide bonds. The van der Waals surface area contributed by atoms with Gasteiger partial charge in [0.25, 0.3) is 0 Å². The molecule has 0 heterocycles. The van der Waals surface area contributed by atoms with E-state index in [-0.39, 0.29) is 0 Å².